The van der Waals surface area contributed by atoms with Gasteiger partial charge in [0, 0.05) is 26.2 Å². The number of carbonyl (C=O) groups is 3. The van der Waals surface area contributed by atoms with Crippen molar-refractivity contribution in [3.8, 4) is 0 Å². The van der Waals surface area contributed by atoms with Gasteiger partial charge in [-0.3, -0.25) is 14.4 Å². The first-order valence-electron chi connectivity index (χ1n) is 8.02. The normalized spacial score (nSPS) is 17.8. The van der Waals surface area contributed by atoms with Crippen LogP contribution in [0.2, 0.25) is 0 Å². The van der Waals surface area contributed by atoms with Crippen LogP contribution in [0.25, 0.3) is 0 Å². The molecular weight excluding hydrogens is 314 g/mol. The van der Waals surface area contributed by atoms with Gasteiger partial charge in [0.05, 0.1) is 18.2 Å². The van der Waals surface area contributed by atoms with Crippen molar-refractivity contribution in [1.82, 2.24) is 15.0 Å². The molecule has 0 aliphatic carbocycles. The van der Waals surface area contributed by atoms with Crippen LogP contribution in [0.5, 0.6) is 0 Å². The van der Waals surface area contributed by atoms with Crippen LogP contribution in [0.4, 0.5) is 0 Å². The molecule has 1 N–H and O–H groups in total. The fraction of sp³-hybridized carbons (Fsp3) is 0.625. The van der Waals surface area contributed by atoms with Gasteiger partial charge in [-0.1, -0.05) is 19.0 Å². The summed E-state index contributed by atoms with van der Waals surface area (Å²) in [4.78, 5) is 38.5. The fourth-order valence-corrected chi connectivity index (χ4v) is 2.63. The van der Waals surface area contributed by atoms with Crippen molar-refractivity contribution in [2.75, 3.05) is 26.7 Å². The summed E-state index contributed by atoms with van der Waals surface area (Å²) < 4.78 is 5.04. The molecule has 1 unspecified atom stereocenters. The Morgan fingerprint density at radius 3 is 2.75 bits per heavy atom. The smallest absolute Gasteiger partial charge is 0.308 e. The molecule has 24 heavy (non-hydrogen) atoms. The largest absolute Gasteiger partial charge is 0.481 e. The predicted molar refractivity (Wildman–Crippen MR) is 84.5 cm³/mol. The van der Waals surface area contributed by atoms with Gasteiger partial charge in [0.15, 0.2) is 0 Å². The number of piperidine rings is 1. The van der Waals surface area contributed by atoms with Crippen LogP contribution in [0.1, 0.15) is 48.9 Å². The molecule has 1 atom stereocenters. The molecule has 0 aromatic carbocycles. The van der Waals surface area contributed by atoms with Crippen molar-refractivity contribution in [2.24, 2.45) is 5.92 Å². The third kappa shape index (κ3) is 4.12. The first-order chi connectivity index (χ1) is 11.3. The highest BCUT2D eigenvalue weighted by atomic mass is 16.5. The van der Waals surface area contributed by atoms with Crippen LogP contribution in [-0.2, 0) is 9.59 Å². The lowest BCUT2D eigenvalue weighted by Crippen LogP contribution is -2.46. The van der Waals surface area contributed by atoms with Crippen molar-refractivity contribution in [3.63, 3.8) is 0 Å². The third-order valence-electron chi connectivity index (χ3n) is 4.17. The van der Waals surface area contributed by atoms with Crippen LogP contribution < -0.4 is 0 Å². The van der Waals surface area contributed by atoms with E-state index in [1.165, 1.54) is 16.8 Å². The summed E-state index contributed by atoms with van der Waals surface area (Å²) in [7, 11) is 1.51. The average Bonchev–Trinajstić information content (AvgIpc) is 3.04. The molecule has 1 aromatic rings. The monoisotopic (exact) mass is 337 g/mol. The molecule has 0 bridgehead atoms. The second kappa shape index (κ2) is 7.46. The van der Waals surface area contributed by atoms with Gasteiger partial charge in [0.1, 0.15) is 0 Å². The quantitative estimate of drug-likeness (QED) is 0.865. The minimum Gasteiger partial charge on any atom is -0.481 e. The van der Waals surface area contributed by atoms with Gasteiger partial charge in [-0.25, -0.2) is 0 Å². The van der Waals surface area contributed by atoms with Gasteiger partial charge in [-0.15, -0.1) is 0 Å². The summed E-state index contributed by atoms with van der Waals surface area (Å²) in [6.45, 7) is 4.46. The van der Waals surface area contributed by atoms with Gasteiger partial charge in [-0.2, -0.15) is 0 Å². The molecule has 0 saturated carbocycles. The number of rotatable bonds is 5. The topological polar surface area (TPSA) is 104 Å². The molecule has 0 spiro atoms. The second-order valence-corrected chi connectivity index (χ2v) is 6.45. The number of amides is 2. The number of likely N-dealkylation sites (tertiary alicyclic amines) is 1. The lowest BCUT2D eigenvalue weighted by molar-refractivity contribution is -0.145. The molecule has 1 saturated heterocycles. The van der Waals surface area contributed by atoms with Crippen LogP contribution >= 0.6 is 0 Å². The molecule has 1 fully saturated rings. The molecule has 2 rings (SSSR count). The van der Waals surface area contributed by atoms with Crippen molar-refractivity contribution in [3.05, 3.63) is 17.5 Å². The lowest BCUT2D eigenvalue weighted by atomic mass is 9.98. The Bertz CT molecular complexity index is 625. The molecule has 0 radical (unpaired) electrons. The Kier molecular flexibility index (Phi) is 5.58. The predicted octanol–water partition coefficient (Wildman–Crippen LogP) is 1.19. The maximum absolute atomic E-state index is 12.3. The summed E-state index contributed by atoms with van der Waals surface area (Å²) in [6, 6.07) is 1.58. The van der Waals surface area contributed by atoms with E-state index < -0.39 is 17.8 Å². The van der Waals surface area contributed by atoms with Gasteiger partial charge < -0.3 is 19.4 Å². The maximum Gasteiger partial charge on any atom is 0.308 e. The van der Waals surface area contributed by atoms with Gasteiger partial charge >= 0.3 is 5.97 Å². The minimum atomic E-state index is -0.889. The number of aromatic nitrogens is 1. The van der Waals surface area contributed by atoms with E-state index in [0.29, 0.717) is 25.1 Å². The van der Waals surface area contributed by atoms with Crippen molar-refractivity contribution in [2.45, 2.75) is 32.6 Å². The molecule has 8 heteroatoms. The standard InChI is InChI=1S/C16H23N3O5/c1-10(2)12-7-13(24-17-12)15(21)18(3)9-14(20)19-6-4-5-11(8-19)16(22)23/h7,10-11H,4-6,8-9H2,1-3H3,(H,22,23). The molecular formula is C16H23N3O5. The zero-order chi connectivity index (χ0) is 17.9. The summed E-state index contributed by atoms with van der Waals surface area (Å²) in [6.07, 6.45) is 1.23. The molecule has 2 heterocycles. The zero-order valence-corrected chi connectivity index (χ0v) is 14.2. The molecule has 1 aromatic heterocycles. The Morgan fingerprint density at radius 1 is 1.46 bits per heavy atom. The number of aliphatic carboxylic acids is 1. The second-order valence-electron chi connectivity index (χ2n) is 6.45. The van der Waals surface area contributed by atoms with Gasteiger partial charge in [0.25, 0.3) is 5.91 Å². The van der Waals surface area contributed by atoms with Gasteiger partial charge in [-0.05, 0) is 18.8 Å². The molecule has 2 amide bonds. The summed E-state index contributed by atoms with van der Waals surface area (Å²) in [5, 5.41) is 12.9. The number of nitrogens with zero attached hydrogens (tertiary/aromatic N) is 3. The molecule has 8 nitrogen and oxygen atoms in total. The fourth-order valence-electron chi connectivity index (χ4n) is 2.63. The van der Waals surface area contributed by atoms with Crippen molar-refractivity contribution in [1.29, 1.82) is 0 Å². The van der Waals surface area contributed by atoms with Crippen LogP contribution in [0.15, 0.2) is 10.6 Å². The SMILES string of the molecule is CC(C)c1cc(C(=O)N(C)CC(=O)N2CCCC(C(=O)O)C2)on1. The van der Waals surface area contributed by atoms with E-state index in [1.807, 2.05) is 13.8 Å². The van der Waals surface area contributed by atoms with Crippen LogP contribution in [0.3, 0.4) is 0 Å². The Morgan fingerprint density at radius 2 is 2.17 bits per heavy atom. The van der Waals surface area contributed by atoms with Gasteiger partial charge in [0.2, 0.25) is 11.7 Å². The molecule has 1 aliphatic heterocycles. The summed E-state index contributed by atoms with van der Waals surface area (Å²) >= 11 is 0. The number of carboxylic acids is 1. The Labute approximate surface area is 140 Å². The molecule has 1 aliphatic rings. The highest BCUT2D eigenvalue weighted by Gasteiger charge is 2.29. The van der Waals surface area contributed by atoms with E-state index >= 15 is 0 Å². The first kappa shape index (κ1) is 18.0. The summed E-state index contributed by atoms with van der Waals surface area (Å²) in [5.41, 5.74) is 0.679. The van der Waals surface area contributed by atoms with E-state index in [4.69, 9.17) is 9.63 Å². The minimum absolute atomic E-state index is 0.0936. The van der Waals surface area contributed by atoms with E-state index in [0.717, 1.165) is 0 Å². The Balaban J connectivity index is 1.95. The number of hydrogen-bond acceptors (Lipinski definition) is 5. The van der Waals surface area contributed by atoms with E-state index in [2.05, 4.69) is 5.16 Å². The summed E-state index contributed by atoms with van der Waals surface area (Å²) in [5.74, 6) is -1.87. The van der Waals surface area contributed by atoms with Crippen molar-refractivity contribution < 1.29 is 24.0 Å². The highest BCUT2D eigenvalue weighted by Crippen LogP contribution is 2.18. The third-order valence-corrected chi connectivity index (χ3v) is 4.17. The number of carboxylic acid groups (broad SMARTS) is 1. The van der Waals surface area contributed by atoms with E-state index in [9.17, 15) is 14.4 Å². The highest BCUT2D eigenvalue weighted by molar-refractivity contribution is 5.94. The number of likely N-dealkylation sites (N-methyl/N-ethyl adjacent to an activating group) is 1. The van der Waals surface area contributed by atoms with Crippen LogP contribution in [0, 0.1) is 5.92 Å². The molecule has 132 valence electrons. The zero-order valence-electron chi connectivity index (χ0n) is 14.2. The lowest BCUT2D eigenvalue weighted by Gasteiger charge is -2.31. The van der Waals surface area contributed by atoms with E-state index in [1.54, 1.807) is 6.07 Å². The van der Waals surface area contributed by atoms with Crippen LogP contribution in [-0.4, -0.2) is 64.5 Å². The first-order valence-corrected chi connectivity index (χ1v) is 8.02. The average molecular weight is 337 g/mol. The maximum atomic E-state index is 12.3. The number of carbonyl (C=O) groups excluding carboxylic acids is 2. The Hall–Kier alpha value is -2.38. The number of hydrogen-bond donors (Lipinski definition) is 1. The van der Waals surface area contributed by atoms with E-state index in [-0.39, 0.29) is 30.7 Å². The van der Waals surface area contributed by atoms with Crippen molar-refractivity contribution >= 4 is 17.8 Å².